The van der Waals surface area contributed by atoms with Crippen LogP contribution >= 0.6 is 0 Å². The molecule has 1 heterocycles. The van der Waals surface area contributed by atoms with Crippen molar-refractivity contribution in [3.8, 4) is 0 Å². The molecule has 0 radical (unpaired) electrons. The summed E-state index contributed by atoms with van der Waals surface area (Å²) in [6.07, 6.45) is 0.287. The van der Waals surface area contributed by atoms with Gasteiger partial charge in [0.05, 0.1) is 12.5 Å². The van der Waals surface area contributed by atoms with E-state index in [0.717, 1.165) is 18.7 Å². The quantitative estimate of drug-likeness (QED) is 0.901. The summed E-state index contributed by atoms with van der Waals surface area (Å²) in [5.41, 5.74) is 2.15. The van der Waals surface area contributed by atoms with Crippen molar-refractivity contribution in [2.45, 2.75) is 19.4 Å². The summed E-state index contributed by atoms with van der Waals surface area (Å²) < 4.78 is 0. The van der Waals surface area contributed by atoms with Crippen molar-refractivity contribution in [2.24, 2.45) is 0 Å². The zero-order chi connectivity index (χ0) is 18.4. The van der Waals surface area contributed by atoms with Crippen molar-refractivity contribution in [2.75, 3.05) is 31.1 Å². The maximum absolute atomic E-state index is 12.8. The number of para-hydroxylation sites is 1. The number of nitrogens with zero attached hydrogens (tertiary/aromatic N) is 2. The Morgan fingerprint density at radius 3 is 2.08 bits per heavy atom. The van der Waals surface area contributed by atoms with Crippen molar-refractivity contribution < 1.29 is 9.59 Å². The van der Waals surface area contributed by atoms with E-state index in [4.69, 9.17) is 0 Å². The minimum atomic E-state index is -0.284. The molecule has 1 aliphatic heterocycles. The van der Waals surface area contributed by atoms with Crippen molar-refractivity contribution in [1.29, 1.82) is 0 Å². The SMILES string of the molecule is CC(=O)N[C@@H](CC(=O)N1CCN(c2ccccc2)CC1)c1ccccc1. The average Bonchev–Trinajstić information content (AvgIpc) is 2.68. The highest BCUT2D eigenvalue weighted by Gasteiger charge is 2.24. The number of nitrogens with one attached hydrogen (secondary N) is 1. The van der Waals surface area contributed by atoms with Gasteiger partial charge in [-0.1, -0.05) is 48.5 Å². The summed E-state index contributed by atoms with van der Waals surface area (Å²) in [5, 5.41) is 2.90. The summed E-state index contributed by atoms with van der Waals surface area (Å²) in [4.78, 5) is 28.5. The van der Waals surface area contributed by atoms with E-state index in [2.05, 4.69) is 22.3 Å². The normalized spacial score (nSPS) is 15.4. The fourth-order valence-electron chi connectivity index (χ4n) is 3.34. The van der Waals surface area contributed by atoms with Crippen LogP contribution in [0.3, 0.4) is 0 Å². The topological polar surface area (TPSA) is 52.7 Å². The summed E-state index contributed by atoms with van der Waals surface area (Å²) in [7, 11) is 0. The van der Waals surface area contributed by atoms with Crippen LogP contribution < -0.4 is 10.2 Å². The highest BCUT2D eigenvalue weighted by molar-refractivity contribution is 5.79. The van der Waals surface area contributed by atoms with E-state index in [-0.39, 0.29) is 24.3 Å². The van der Waals surface area contributed by atoms with Gasteiger partial charge >= 0.3 is 0 Å². The summed E-state index contributed by atoms with van der Waals surface area (Å²) in [6.45, 7) is 4.54. The zero-order valence-corrected chi connectivity index (χ0v) is 15.1. The Morgan fingerprint density at radius 1 is 0.923 bits per heavy atom. The number of benzene rings is 2. The lowest BCUT2D eigenvalue weighted by Crippen LogP contribution is -2.49. The van der Waals surface area contributed by atoms with E-state index in [1.54, 1.807) is 0 Å². The lowest BCUT2D eigenvalue weighted by molar-refractivity contribution is -0.132. The van der Waals surface area contributed by atoms with Crippen molar-refractivity contribution in [1.82, 2.24) is 10.2 Å². The van der Waals surface area contributed by atoms with Gasteiger partial charge in [-0.2, -0.15) is 0 Å². The second-order valence-electron chi connectivity index (χ2n) is 6.57. The molecule has 0 aromatic heterocycles. The van der Waals surface area contributed by atoms with Crippen molar-refractivity contribution >= 4 is 17.5 Å². The van der Waals surface area contributed by atoms with Crippen LogP contribution in [-0.4, -0.2) is 42.9 Å². The molecule has 2 amide bonds. The van der Waals surface area contributed by atoms with E-state index >= 15 is 0 Å². The molecule has 1 saturated heterocycles. The number of carbonyl (C=O) groups is 2. The molecule has 0 spiro atoms. The number of carbonyl (C=O) groups excluding carboxylic acids is 2. The summed E-state index contributed by atoms with van der Waals surface area (Å²) >= 11 is 0. The largest absolute Gasteiger partial charge is 0.368 e. The van der Waals surface area contributed by atoms with Gasteiger partial charge in [0.15, 0.2) is 0 Å². The molecular weight excluding hydrogens is 326 g/mol. The third kappa shape index (κ3) is 4.63. The first-order chi connectivity index (χ1) is 12.6. The van der Waals surface area contributed by atoms with Gasteiger partial charge in [-0.3, -0.25) is 9.59 Å². The Balaban J connectivity index is 1.59. The average molecular weight is 351 g/mol. The first-order valence-electron chi connectivity index (χ1n) is 9.03. The predicted molar refractivity (Wildman–Crippen MR) is 103 cm³/mol. The second kappa shape index (κ2) is 8.52. The van der Waals surface area contributed by atoms with Crippen molar-refractivity contribution in [3.05, 3.63) is 66.2 Å². The van der Waals surface area contributed by atoms with Crippen LogP contribution in [0.4, 0.5) is 5.69 Å². The van der Waals surface area contributed by atoms with Crippen LogP contribution in [0.2, 0.25) is 0 Å². The molecule has 0 bridgehead atoms. The Morgan fingerprint density at radius 2 is 1.50 bits per heavy atom. The fraction of sp³-hybridized carbons (Fsp3) is 0.333. The fourth-order valence-corrected chi connectivity index (χ4v) is 3.34. The van der Waals surface area contributed by atoms with Crippen LogP contribution in [0, 0.1) is 0 Å². The molecule has 0 unspecified atom stereocenters. The number of rotatable bonds is 5. The van der Waals surface area contributed by atoms with Crippen LogP contribution in [0.5, 0.6) is 0 Å². The molecule has 0 saturated carbocycles. The minimum Gasteiger partial charge on any atom is -0.368 e. The van der Waals surface area contributed by atoms with Gasteiger partial charge in [-0.05, 0) is 17.7 Å². The highest BCUT2D eigenvalue weighted by atomic mass is 16.2. The van der Waals surface area contributed by atoms with Gasteiger partial charge < -0.3 is 15.1 Å². The van der Waals surface area contributed by atoms with E-state index in [1.165, 1.54) is 12.6 Å². The first-order valence-corrected chi connectivity index (χ1v) is 9.03. The molecule has 5 heteroatoms. The molecule has 136 valence electrons. The Kier molecular flexibility index (Phi) is 5.89. The monoisotopic (exact) mass is 351 g/mol. The smallest absolute Gasteiger partial charge is 0.225 e. The molecule has 1 N–H and O–H groups in total. The van der Waals surface area contributed by atoms with E-state index in [0.29, 0.717) is 13.1 Å². The number of anilines is 1. The maximum Gasteiger partial charge on any atom is 0.225 e. The number of hydrogen-bond donors (Lipinski definition) is 1. The van der Waals surface area contributed by atoms with Gasteiger partial charge in [0, 0.05) is 38.8 Å². The van der Waals surface area contributed by atoms with Crippen LogP contribution in [-0.2, 0) is 9.59 Å². The second-order valence-corrected chi connectivity index (χ2v) is 6.57. The maximum atomic E-state index is 12.8. The summed E-state index contributed by atoms with van der Waals surface area (Å²) in [6, 6.07) is 19.7. The molecule has 1 fully saturated rings. The van der Waals surface area contributed by atoms with E-state index in [1.807, 2.05) is 53.4 Å². The molecule has 5 nitrogen and oxygen atoms in total. The lowest BCUT2D eigenvalue weighted by atomic mass is 10.0. The van der Waals surface area contributed by atoms with Crippen LogP contribution in [0.25, 0.3) is 0 Å². The molecule has 2 aromatic rings. The Hall–Kier alpha value is -2.82. The third-order valence-corrected chi connectivity index (χ3v) is 4.71. The number of hydrogen-bond acceptors (Lipinski definition) is 3. The number of piperazine rings is 1. The van der Waals surface area contributed by atoms with Gasteiger partial charge in [0.1, 0.15) is 0 Å². The Labute approximate surface area is 154 Å². The molecule has 26 heavy (non-hydrogen) atoms. The van der Waals surface area contributed by atoms with Gasteiger partial charge in [-0.15, -0.1) is 0 Å². The molecular formula is C21H25N3O2. The third-order valence-electron chi connectivity index (χ3n) is 4.71. The van der Waals surface area contributed by atoms with Gasteiger partial charge in [-0.25, -0.2) is 0 Å². The Bertz CT molecular complexity index is 725. The van der Waals surface area contributed by atoms with Gasteiger partial charge in [0.2, 0.25) is 11.8 Å². The van der Waals surface area contributed by atoms with Crippen molar-refractivity contribution in [3.63, 3.8) is 0 Å². The lowest BCUT2D eigenvalue weighted by Gasteiger charge is -2.36. The molecule has 2 aromatic carbocycles. The van der Waals surface area contributed by atoms with Crippen LogP contribution in [0.1, 0.15) is 24.9 Å². The van der Waals surface area contributed by atoms with E-state index < -0.39 is 0 Å². The molecule has 3 rings (SSSR count). The molecule has 1 atom stereocenters. The molecule has 0 aliphatic carbocycles. The van der Waals surface area contributed by atoms with E-state index in [9.17, 15) is 9.59 Å². The van der Waals surface area contributed by atoms with Gasteiger partial charge in [0.25, 0.3) is 0 Å². The highest BCUT2D eigenvalue weighted by Crippen LogP contribution is 2.20. The summed E-state index contributed by atoms with van der Waals surface area (Å²) in [5.74, 6) is -0.0409. The van der Waals surface area contributed by atoms with Crippen LogP contribution in [0.15, 0.2) is 60.7 Å². The predicted octanol–water partition coefficient (Wildman–Crippen LogP) is 2.60. The minimum absolute atomic E-state index is 0.0836. The first kappa shape index (κ1) is 18.0. The standard InChI is InChI=1S/C21H25N3O2/c1-17(25)22-20(18-8-4-2-5-9-18)16-21(26)24-14-12-23(13-15-24)19-10-6-3-7-11-19/h2-11,20H,12-16H2,1H3,(H,22,25)/t20-/m0/s1. The zero-order valence-electron chi connectivity index (χ0n) is 15.1. The number of amides is 2. The molecule has 1 aliphatic rings.